The van der Waals surface area contributed by atoms with E-state index in [-0.39, 0.29) is 12.3 Å². The molecule has 0 bridgehead atoms. The second kappa shape index (κ2) is 13.6. The van der Waals surface area contributed by atoms with Crippen LogP contribution in [0.3, 0.4) is 0 Å². The zero-order valence-electron chi connectivity index (χ0n) is 23.5. The van der Waals surface area contributed by atoms with E-state index in [2.05, 4.69) is 88.6 Å². The molecule has 1 amide bonds. The number of nitrogens with zero attached hydrogens (tertiary/aromatic N) is 3. The number of carbonyl (C=O) groups excluding carboxylic acids is 1. The van der Waals surface area contributed by atoms with E-state index in [1.165, 1.54) is 11.3 Å². The topological polar surface area (TPSA) is 95.6 Å². The molecule has 0 aliphatic rings. The summed E-state index contributed by atoms with van der Waals surface area (Å²) in [6, 6.07) is 40.7. The monoisotopic (exact) mass is 574 g/mol. The highest BCUT2D eigenvalue weighted by atomic mass is 32.1. The van der Waals surface area contributed by atoms with Crippen molar-refractivity contribution in [3.8, 4) is 0 Å². The van der Waals surface area contributed by atoms with Gasteiger partial charge in [0, 0.05) is 25.4 Å². The summed E-state index contributed by atoms with van der Waals surface area (Å²) in [5.74, 6) is 0.397. The van der Waals surface area contributed by atoms with Crippen LogP contribution in [0.5, 0.6) is 0 Å². The van der Waals surface area contributed by atoms with Crippen molar-refractivity contribution < 1.29 is 4.79 Å². The molecule has 0 saturated heterocycles. The van der Waals surface area contributed by atoms with Crippen molar-refractivity contribution in [2.75, 3.05) is 24.3 Å². The number of anilines is 2. The number of carbonyl (C=O) groups is 1. The standard InChI is InChI=1S/C34H34N6OS/c1-40(23-22-31(35)39-38-29-20-12-5-13-21-29)32(41)24-30-25-42-33(36-30)37-34(26-14-6-2-7-15-26,27-16-8-3-9-17-27)28-18-10-4-11-19-28/h2-21,25,38H,22-24H2,1H3,(H2,35,39)(H,36,37). The van der Waals surface area contributed by atoms with Gasteiger partial charge in [0.05, 0.1) is 17.8 Å². The van der Waals surface area contributed by atoms with E-state index in [0.29, 0.717) is 18.8 Å². The van der Waals surface area contributed by atoms with Gasteiger partial charge in [0.25, 0.3) is 0 Å². The fourth-order valence-electron chi connectivity index (χ4n) is 4.79. The Labute approximate surface area is 250 Å². The first-order chi connectivity index (χ1) is 20.5. The van der Waals surface area contributed by atoms with E-state index in [9.17, 15) is 4.79 Å². The van der Waals surface area contributed by atoms with Crippen LogP contribution >= 0.6 is 11.3 Å². The predicted molar refractivity (Wildman–Crippen MR) is 173 cm³/mol. The number of benzene rings is 4. The lowest BCUT2D eigenvalue weighted by molar-refractivity contribution is -0.129. The van der Waals surface area contributed by atoms with Gasteiger partial charge in [0.15, 0.2) is 5.13 Å². The average Bonchev–Trinajstić information content (AvgIpc) is 3.49. The molecular weight excluding hydrogens is 540 g/mol. The van der Waals surface area contributed by atoms with E-state index in [4.69, 9.17) is 10.7 Å². The number of para-hydroxylation sites is 1. The number of hydrazone groups is 1. The second-order valence-electron chi connectivity index (χ2n) is 9.94. The molecule has 1 heterocycles. The second-order valence-corrected chi connectivity index (χ2v) is 10.8. The van der Waals surface area contributed by atoms with Gasteiger partial charge in [-0.15, -0.1) is 11.3 Å². The van der Waals surface area contributed by atoms with E-state index >= 15 is 0 Å². The molecule has 7 nitrogen and oxygen atoms in total. The van der Waals surface area contributed by atoms with Crippen LogP contribution < -0.4 is 16.5 Å². The smallest absolute Gasteiger partial charge is 0.228 e. The van der Waals surface area contributed by atoms with Crippen LogP contribution in [0.15, 0.2) is 132 Å². The number of amides is 1. The molecule has 5 rings (SSSR count). The maximum atomic E-state index is 13.0. The molecule has 5 aromatic rings. The summed E-state index contributed by atoms with van der Waals surface area (Å²) in [6.45, 7) is 0.457. The minimum absolute atomic E-state index is 0.0314. The van der Waals surface area contributed by atoms with E-state index < -0.39 is 5.54 Å². The maximum absolute atomic E-state index is 13.0. The van der Waals surface area contributed by atoms with Crippen molar-refractivity contribution in [1.29, 1.82) is 0 Å². The Morgan fingerprint density at radius 2 is 1.33 bits per heavy atom. The van der Waals surface area contributed by atoms with Gasteiger partial charge in [0.1, 0.15) is 11.4 Å². The van der Waals surface area contributed by atoms with Gasteiger partial charge >= 0.3 is 0 Å². The van der Waals surface area contributed by atoms with Crippen LogP contribution in [0, 0.1) is 0 Å². The minimum Gasteiger partial charge on any atom is -0.386 e. The summed E-state index contributed by atoms with van der Waals surface area (Å²) in [4.78, 5) is 19.6. The van der Waals surface area contributed by atoms with E-state index in [0.717, 1.165) is 33.2 Å². The fraction of sp³-hybridized carbons (Fsp3) is 0.147. The highest BCUT2D eigenvalue weighted by molar-refractivity contribution is 7.13. The zero-order chi connectivity index (χ0) is 29.2. The van der Waals surface area contributed by atoms with Crippen molar-refractivity contribution >= 4 is 33.9 Å². The van der Waals surface area contributed by atoms with E-state index in [1.54, 1.807) is 11.9 Å². The normalized spacial score (nSPS) is 11.6. The molecule has 212 valence electrons. The van der Waals surface area contributed by atoms with Crippen LogP contribution in [0.25, 0.3) is 0 Å². The summed E-state index contributed by atoms with van der Waals surface area (Å²) in [5.41, 5.74) is 13.2. The molecule has 0 aliphatic heterocycles. The van der Waals surface area contributed by atoms with Crippen LogP contribution in [-0.2, 0) is 16.8 Å². The Hall–Kier alpha value is -4.95. The Morgan fingerprint density at radius 3 is 1.86 bits per heavy atom. The molecule has 0 radical (unpaired) electrons. The number of nitrogens with two attached hydrogens (primary N) is 1. The van der Waals surface area contributed by atoms with Crippen molar-refractivity contribution in [1.82, 2.24) is 9.88 Å². The third-order valence-electron chi connectivity index (χ3n) is 7.03. The van der Waals surface area contributed by atoms with Crippen molar-refractivity contribution in [3.05, 3.63) is 149 Å². The summed E-state index contributed by atoms with van der Waals surface area (Å²) in [5, 5.41) is 10.7. The molecule has 4 aromatic carbocycles. The number of aromatic nitrogens is 1. The average molecular weight is 575 g/mol. The number of amidine groups is 1. The number of nitrogens with one attached hydrogen (secondary N) is 2. The molecule has 0 aliphatic carbocycles. The Morgan fingerprint density at radius 1 is 0.833 bits per heavy atom. The predicted octanol–water partition coefficient (Wildman–Crippen LogP) is 6.32. The zero-order valence-corrected chi connectivity index (χ0v) is 24.3. The van der Waals surface area contributed by atoms with Gasteiger partial charge in [-0.2, -0.15) is 5.10 Å². The molecule has 0 atom stereocenters. The molecule has 0 fully saturated rings. The molecule has 1 aromatic heterocycles. The van der Waals surface area contributed by atoms with Crippen molar-refractivity contribution in [2.45, 2.75) is 18.4 Å². The summed E-state index contributed by atoms with van der Waals surface area (Å²) in [7, 11) is 1.77. The summed E-state index contributed by atoms with van der Waals surface area (Å²) >= 11 is 1.50. The van der Waals surface area contributed by atoms with Crippen LogP contribution in [0.4, 0.5) is 10.8 Å². The van der Waals surface area contributed by atoms with Crippen LogP contribution in [0.1, 0.15) is 28.8 Å². The first kappa shape index (κ1) is 28.6. The molecule has 0 saturated carbocycles. The minimum atomic E-state index is -0.676. The first-order valence-corrected chi connectivity index (χ1v) is 14.7. The fourth-order valence-corrected chi connectivity index (χ4v) is 5.55. The molecule has 8 heteroatoms. The molecule has 0 spiro atoms. The van der Waals surface area contributed by atoms with Gasteiger partial charge in [-0.3, -0.25) is 10.2 Å². The van der Waals surface area contributed by atoms with Crippen LogP contribution in [-0.4, -0.2) is 35.2 Å². The lowest BCUT2D eigenvalue weighted by Gasteiger charge is -2.36. The number of thiazole rings is 1. The van der Waals surface area contributed by atoms with Gasteiger partial charge in [-0.1, -0.05) is 109 Å². The number of likely N-dealkylation sites (N-methyl/N-ethyl adjacent to an activating group) is 1. The Balaban J connectivity index is 1.30. The third kappa shape index (κ3) is 6.85. The van der Waals surface area contributed by atoms with Gasteiger partial charge < -0.3 is 16.0 Å². The highest BCUT2D eigenvalue weighted by Gasteiger charge is 2.37. The summed E-state index contributed by atoms with van der Waals surface area (Å²) in [6.07, 6.45) is 0.655. The van der Waals surface area contributed by atoms with Gasteiger partial charge in [-0.05, 0) is 28.8 Å². The number of hydrogen-bond donors (Lipinski definition) is 3. The SMILES string of the molecule is CN(CC/C(N)=N/Nc1ccccc1)C(=O)Cc1csc(NC(c2ccccc2)(c2ccccc2)c2ccccc2)n1. The lowest BCUT2D eigenvalue weighted by Crippen LogP contribution is -2.38. The highest BCUT2D eigenvalue weighted by Crippen LogP contribution is 2.40. The summed E-state index contributed by atoms with van der Waals surface area (Å²) < 4.78 is 0. The third-order valence-corrected chi connectivity index (χ3v) is 7.84. The van der Waals surface area contributed by atoms with Gasteiger partial charge in [0.2, 0.25) is 5.91 Å². The van der Waals surface area contributed by atoms with E-state index in [1.807, 2.05) is 53.9 Å². The molecule has 4 N–H and O–H groups in total. The maximum Gasteiger partial charge on any atom is 0.228 e. The Bertz CT molecular complexity index is 1490. The molecule has 42 heavy (non-hydrogen) atoms. The van der Waals surface area contributed by atoms with Gasteiger partial charge in [-0.25, -0.2) is 4.98 Å². The van der Waals surface area contributed by atoms with Crippen molar-refractivity contribution in [3.63, 3.8) is 0 Å². The van der Waals surface area contributed by atoms with Crippen LogP contribution in [0.2, 0.25) is 0 Å². The Kier molecular flexibility index (Phi) is 9.26. The number of hydrogen-bond acceptors (Lipinski definition) is 6. The molecule has 0 unspecified atom stereocenters. The quantitative estimate of drug-likeness (QED) is 0.0701. The first-order valence-electron chi connectivity index (χ1n) is 13.8. The largest absolute Gasteiger partial charge is 0.386 e. The van der Waals surface area contributed by atoms with Crippen molar-refractivity contribution in [2.24, 2.45) is 10.8 Å². The lowest BCUT2D eigenvalue weighted by atomic mass is 9.77. The molecular formula is C34H34N6OS. The number of rotatable bonds is 12.